The van der Waals surface area contributed by atoms with Crippen LogP contribution in [0.15, 0.2) is 36.4 Å². The molecule has 0 bridgehead atoms. The third kappa shape index (κ3) is 2.90. The van der Waals surface area contributed by atoms with Crippen LogP contribution in [-0.4, -0.2) is 18.5 Å². The molecule has 1 amide bonds. The van der Waals surface area contributed by atoms with Crippen LogP contribution in [0.2, 0.25) is 0 Å². The van der Waals surface area contributed by atoms with Gasteiger partial charge in [0, 0.05) is 23.5 Å². The second kappa shape index (κ2) is 5.82. The highest BCUT2D eigenvalue weighted by molar-refractivity contribution is 6.07. The van der Waals surface area contributed by atoms with Crippen molar-refractivity contribution in [1.82, 2.24) is 5.32 Å². The Morgan fingerprint density at radius 1 is 1.19 bits per heavy atom. The van der Waals surface area contributed by atoms with Gasteiger partial charge in [0.1, 0.15) is 5.82 Å². The normalized spacial score (nSPS) is 21.6. The summed E-state index contributed by atoms with van der Waals surface area (Å²) >= 11 is 0. The zero-order chi connectivity index (χ0) is 14.8. The lowest BCUT2D eigenvalue weighted by molar-refractivity contribution is 0.0949. The minimum atomic E-state index is -0.302. The van der Waals surface area contributed by atoms with Crippen LogP contribution in [0.25, 0.3) is 10.8 Å². The van der Waals surface area contributed by atoms with E-state index in [1.165, 1.54) is 6.07 Å². The first kappa shape index (κ1) is 14.0. The number of benzene rings is 2. The first-order valence-corrected chi connectivity index (χ1v) is 7.36. The van der Waals surface area contributed by atoms with Crippen LogP contribution in [0, 0.1) is 11.7 Å². The molecule has 0 aliphatic heterocycles. The molecule has 2 aromatic carbocycles. The number of carbonyl (C=O) groups is 1. The number of hydrogen-bond donors (Lipinski definition) is 2. The maximum atomic E-state index is 13.8. The molecular weight excluding hydrogens is 267 g/mol. The molecule has 3 nitrogen and oxygen atoms in total. The molecule has 2 atom stereocenters. The number of nitrogens with one attached hydrogen (secondary N) is 1. The maximum Gasteiger partial charge on any atom is 0.251 e. The van der Waals surface area contributed by atoms with Crippen molar-refractivity contribution >= 4 is 16.7 Å². The lowest BCUT2D eigenvalue weighted by atomic mass is 10.0. The molecule has 21 heavy (non-hydrogen) atoms. The fourth-order valence-corrected chi connectivity index (χ4v) is 3.09. The highest BCUT2D eigenvalue weighted by atomic mass is 19.1. The van der Waals surface area contributed by atoms with Crippen LogP contribution in [0.5, 0.6) is 0 Å². The van der Waals surface area contributed by atoms with Gasteiger partial charge in [-0.3, -0.25) is 4.79 Å². The van der Waals surface area contributed by atoms with Gasteiger partial charge >= 0.3 is 0 Å². The van der Waals surface area contributed by atoms with Gasteiger partial charge < -0.3 is 11.1 Å². The second-order valence-corrected chi connectivity index (χ2v) is 5.79. The summed E-state index contributed by atoms with van der Waals surface area (Å²) in [6.45, 7) is 0.637. The Bertz CT molecular complexity index is 671. The van der Waals surface area contributed by atoms with E-state index in [9.17, 15) is 9.18 Å². The van der Waals surface area contributed by atoms with Crippen LogP contribution < -0.4 is 11.1 Å². The van der Waals surface area contributed by atoms with E-state index in [4.69, 9.17) is 5.73 Å². The van der Waals surface area contributed by atoms with E-state index in [0.29, 0.717) is 28.8 Å². The van der Waals surface area contributed by atoms with Crippen molar-refractivity contribution in [2.45, 2.75) is 25.3 Å². The maximum absolute atomic E-state index is 13.8. The average molecular weight is 286 g/mol. The van der Waals surface area contributed by atoms with E-state index in [2.05, 4.69) is 5.32 Å². The van der Waals surface area contributed by atoms with Gasteiger partial charge in [-0.25, -0.2) is 4.39 Å². The fourth-order valence-electron chi connectivity index (χ4n) is 3.09. The average Bonchev–Trinajstić information content (AvgIpc) is 2.91. The van der Waals surface area contributed by atoms with E-state index in [1.807, 2.05) is 6.07 Å². The highest BCUT2D eigenvalue weighted by Crippen LogP contribution is 2.24. The molecule has 1 saturated carbocycles. The van der Waals surface area contributed by atoms with Gasteiger partial charge in [-0.2, -0.15) is 0 Å². The van der Waals surface area contributed by atoms with Crippen molar-refractivity contribution in [3.63, 3.8) is 0 Å². The van der Waals surface area contributed by atoms with Crippen molar-refractivity contribution in [3.05, 3.63) is 47.8 Å². The fraction of sp³-hybridized carbons (Fsp3) is 0.353. The predicted octanol–water partition coefficient (Wildman–Crippen LogP) is 2.84. The van der Waals surface area contributed by atoms with Crippen molar-refractivity contribution in [2.75, 3.05) is 6.54 Å². The molecule has 3 rings (SSSR count). The molecule has 0 heterocycles. The Kier molecular flexibility index (Phi) is 3.88. The summed E-state index contributed by atoms with van der Waals surface area (Å²) in [5.41, 5.74) is 6.40. The van der Waals surface area contributed by atoms with Gasteiger partial charge in [-0.15, -0.1) is 0 Å². The van der Waals surface area contributed by atoms with Gasteiger partial charge in [-0.1, -0.05) is 24.3 Å². The minimum Gasteiger partial charge on any atom is -0.352 e. The Morgan fingerprint density at radius 2 is 1.95 bits per heavy atom. The molecule has 110 valence electrons. The van der Waals surface area contributed by atoms with Gasteiger partial charge in [0.2, 0.25) is 0 Å². The van der Waals surface area contributed by atoms with Crippen LogP contribution in [0.4, 0.5) is 4.39 Å². The monoisotopic (exact) mass is 286 g/mol. The summed E-state index contributed by atoms with van der Waals surface area (Å²) in [5.74, 6) is 0.00579. The van der Waals surface area contributed by atoms with Crippen LogP contribution in [0.3, 0.4) is 0 Å². The zero-order valence-corrected chi connectivity index (χ0v) is 11.8. The largest absolute Gasteiger partial charge is 0.352 e. The zero-order valence-electron chi connectivity index (χ0n) is 11.8. The van der Waals surface area contributed by atoms with E-state index in [0.717, 1.165) is 19.3 Å². The molecule has 0 aromatic heterocycles. The molecular formula is C17H19FN2O. The molecule has 0 saturated heterocycles. The molecule has 2 unspecified atom stereocenters. The van der Waals surface area contributed by atoms with E-state index in [1.54, 1.807) is 24.3 Å². The number of carbonyl (C=O) groups excluding carboxylic acids is 1. The molecule has 1 fully saturated rings. The van der Waals surface area contributed by atoms with E-state index >= 15 is 0 Å². The summed E-state index contributed by atoms with van der Waals surface area (Å²) in [7, 11) is 0. The lowest BCUT2D eigenvalue weighted by Crippen LogP contribution is -2.29. The quantitative estimate of drug-likeness (QED) is 0.911. The van der Waals surface area contributed by atoms with Crippen LogP contribution in [0.1, 0.15) is 29.6 Å². The standard InChI is InChI=1S/C17H19FN2O/c18-16-8-7-15(13-3-1-2-4-14(13)16)17(21)20-10-11-5-6-12(19)9-11/h1-4,7-8,11-12H,5-6,9-10,19H2,(H,20,21). The third-order valence-corrected chi connectivity index (χ3v) is 4.25. The molecule has 1 aliphatic carbocycles. The second-order valence-electron chi connectivity index (χ2n) is 5.79. The van der Waals surface area contributed by atoms with Crippen molar-refractivity contribution in [3.8, 4) is 0 Å². The number of halogens is 1. The van der Waals surface area contributed by atoms with Gasteiger partial charge in [0.25, 0.3) is 5.91 Å². The smallest absolute Gasteiger partial charge is 0.251 e. The highest BCUT2D eigenvalue weighted by Gasteiger charge is 2.22. The topological polar surface area (TPSA) is 55.1 Å². The first-order chi connectivity index (χ1) is 10.1. The minimum absolute atomic E-state index is 0.147. The lowest BCUT2D eigenvalue weighted by Gasteiger charge is -2.12. The van der Waals surface area contributed by atoms with Crippen molar-refractivity contribution in [1.29, 1.82) is 0 Å². The number of nitrogens with two attached hydrogens (primary N) is 1. The summed E-state index contributed by atoms with van der Waals surface area (Å²) in [6.07, 6.45) is 3.05. The SMILES string of the molecule is NC1CCC(CNC(=O)c2ccc(F)c3ccccc23)C1. The summed E-state index contributed by atoms with van der Waals surface area (Å²) in [6, 6.07) is 10.2. The van der Waals surface area contributed by atoms with E-state index in [-0.39, 0.29) is 17.8 Å². The number of amides is 1. The molecule has 0 radical (unpaired) electrons. The molecule has 1 aliphatic rings. The molecule has 3 N–H and O–H groups in total. The van der Waals surface area contributed by atoms with Crippen molar-refractivity contribution < 1.29 is 9.18 Å². The summed E-state index contributed by atoms with van der Waals surface area (Å²) in [4.78, 5) is 12.3. The Balaban J connectivity index is 1.77. The Morgan fingerprint density at radius 3 is 2.67 bits per heavy atom. The van der Waals surface area contributed by atoms with Gasteiger partial charge in [-0.05, 0) is 42.7 Å². The third-order valence-electron chi connectivity index (χ3n) is 4.25. The van der Waals surface area contributed by atoms with Crippen LogP contribution >= 0.6 is 0 Å². The summed E-state index contributed by atoms with van der Waals surface area (Å²) < 4.78 is 13.8. The van der Waals surface area contributed by atoms with Crippen molar-refractivity contribution in [2.24, 2.45) is 11.7 Å². The Hall–Kier alpha value is -1.94. The molecule has 4 heteroatoms. The molecule has 0 spiro atoms. The van der Waals surface area contributed by atoms with Crippen LogP contribution in [-0.2, 0) is 0 Å². The number of fused-ring (bicyclic) bond motifs is 1. The predicted molar refractivity (Wildman–Crippen MR) is 81.6 cm³/mol. The number of hydrogen-bond acceptors (Lipinski definition) is 2. The first-order valence-electron chi connectivity index (χ1n) is 7.36. The van der Waals surface area contributed by atoms with E-state index < -0.39 is 0 Å². The van der Waals surface area contributed by atoms with Gasteiger partial charge in [0.15, 0.2) is 0 Å². The summed E-state index contributed by atoms with van der Waals surface area (Å²) in [5, 5.41) is 4.09. The Labute approximate surface area is 123 Å². The number of rotatable bonds is 3. The van der Waals surface area contributed by atoms with Gasteiger partial charge in [0.05, 0.1) is 0 Å². The molecule has 2 aromatic rings.